The first-order valence-electron chi connectivity index (χ1n) is 17.1. The predicted molar refractivity (Wildman–Crippen MR) is 221 cm³/mol. The van der Waals surface area contributed by atoms with E-state index >= 15 is 0 Å². The van der Waals surface area contributed by atoms with E-state index in [0.717, 1.165) is 0 Å². The molecule has 11 rings (SSSR count). The number of benzene rings is 9. The molecule has 0 bridgehead atoms. The van der Waals surface area contributed by atoms with Crippen LogP contribution in [0.5, 0.6) is 0 Å². The van der Waals surface area contributed by atoms with E-state index in [0.29, 0.717) is 0 Å². The highest BCUT2D eigenvalue weighted by molar-refractivity contribution is 7.33. The number of thiophene rings is 2. The Hall–Kier alpha value is -5.80. The molecule has 0 aliphatic rings. The lowest BCUT2D eigenvalue weighted by atomic mass is 9.84. The van der Waals surface area contributed by atoms with E-state index in [2.05, 4.69) is 170 Å². The topological polar surface area (TPSA) is 0 Å². The zero-order chi connectivity index (χ0) is 32.8. The predicted octanol–water partition coefficient (Wildman–Crippen LogP) is 14.9. The van der Waals surface area contributed by atoms with Crippen molar-refractivity contribution in [1.82, 2.24) is 0 Å². The van der Waals surface area contributed by atoms with Gasteiger partial charge in [0.05, 0.1) is 9.40 Å². The minimum Gasteiger partial charge on any atom is -0.134 e. The highest BCUT2D eigenvalue weighted by Crippen LogP contribution is 2.52. The highest BCUT2D eigenvalue weighted by atomic mass is 32.1. The van der Waals surface area contributed by atoms with Gasteiger partial charge in [-0.3, -0.25) is 0 Å². The summed E-state index contributed by atoms with van der Waals surface area (Å²) in [5.41, 5.74) is 7.62. The molecular weight excluding hydrogens is 641 g/mol. The summed E-state index contributed by atoms with van der Waals surface area (Å²) in [6.45, 7) is 0. The van der Waals surface area contributed by atoms with Gasteiger partial charge in [0.25, 0.3) is 0 Å². The molecule has 2 heterocycles. The first kappa shape index (κ1) is 28.1. The number of fused-ring (bicyclic) bond motifs is 10. The number of hydrogen-bond acceptors (Lipinski definition) is 2. The molecule has 0 spiro atoms. The Labute approximate surface area is 297 Å². The minimum atomic E-state index is 1.23. The quantitative estimate of drug-likeness (QED) is 0.164. The summed E-state index contributed by atoms with van der Waals surface area (Å²) in [5.74, 6) is 0. The zero-order valence-corrected chi connectivity index (χ0v) is 28.6. The molecule has 0 N–H and O–H groups in total. The van der Waals surface area contributed by atoms with E-state index in [-0.39, 0.29) is 0 Å². The average Bonchev–Trinajstić information content (AvgIpc) is 3.76. The number of rotatable bonds is 3. The maximum Gasteiger partial charge on any atom is 0.0540 e. The molecule has 2 heteroatoms. The Balaban J connectivity index is 1.24. The SMILES string of the molecule is c1cc(-c2ccc3ccccc3c2)cc(-c2c3ccccc3c(-c3cc4c5ccccc5sc4c4sc5ccccc5c34)c3ccccc23)c1. The van der Waals surface area contributed by atoms with Crippen molar-refractivity contribution in [3.8, 4) is 33.4 Å². The molecule has 0 saturated carbocycles. The molecule has 232 valence electrons. The largest absolute Gasteiger partial charge is 0.134 e. The minimum absolute atomic E-state index is 1.23. The van der Waals surface area contributed by atoms with Crippen LogP contribution in [0, 0.1) is 0 Å². The lowest BCUT2D eigenvalue weighted by molar-refractivity contribution is 1.63. The van der Waals surface area contributed by atoms with E-state index in [1.807, 2.05) is 22.7 Å². The maximum absolute atomic E-state index is 2.50. The summed E-state index contributed by atoms with van der Waals surface area (Å²) in [4.78, 5) is 0. The van der Waals surface area contributed by atoms with Gasteiger partial charge >= 0.3 is 0 Å². The monoisotopic (exact) mass is 668 g/mol. The van der Waals surface area contributed by atoms with Crippen LogP contribution < -0.4 is 0 Å². The standard InChI is InChI=1S/C48H28S2/c1-2-13-30-26-32(25-24-29(30)12-1)31-14-11-15-33(27-31)44-35-17-3-5-19-37(35)45(38-20-6-4-18-36(38)44)41-28-40-34-16-7-9-22-42(34)49-47(40)48-46(41)39-21-8-10-23-43(39)50-48/h1-28H. The lowest BCUT2D eigenvalue weighted by Crippen LogP contribution is -1.92. The Bertz CT molecular complexity index is 3100. The Kier molecular flexibility index (Phi) is 6.09. The van der Waals surface area contributed by atoms with Gasteiger partial charge in [0, 0.05) is 30.9 Å². The summed E-state index contributed by atoms with van der Waals surface area (Å²) < 4.78 is 5.46. The molecule has 0 nitrogen and oxygen atoms in total. The molecule has 0 aliphatic heterocycles. The molecule has 0 saturated heterocycles. The fraction of sp³-hybridized carbons (Fsp3) is 0. The van der Waals surface area contributed by atoms with Crippen molar-refractivity contribution in [3.63, 3.8) is 0 Å². The normalized spacial score (nSPS) is 12.0. The van der Waals surface area contributed by atoms with E-state index in [4.69, 9.17) is 0 Å². The third-order valence-electron chi connectivity index (χ3n) is 10.4. The Morgan fingerprint density at radius 3 is 1.58 bits per heavy atom. The average molecular weight is 669 g/mol. The maximum atomic E-state index is 2.50. The van der Waals surface area contributed by atoms with E-state index in [1.54, 1.807) is 0 Å². The van der Waals surface area contributed by atoms with Crippen LogP contribution >= 0.6 is 22.7 Å². The van der Waals surface area contributed by atoms with Crippen LogP contribution in [-0.2, 0) is 0 Å². The number of hydrogen-bond donors (Lipinski definition) is 0. The van der Waals surface area contributed by atoms with Crippen LogP contribution in [0.25, 0.3) is 106 Å². The van der Waals surface area contributed by atoms with Gasteiger partial charge in [0.2, 0.25) is 0 Å². The summed E-state index contributed by atoms with van der Waals surface area (Å²) >= 11 is 3.86. The van der Waals surface area contributed by atoms with Gasteiger partial charge < -0.3 is 0 Å². The van der Waals surface area contributed by atoms with Gasteiger partial charge in [-0.25, -0.2) is 0 Å². The van der Waals surface area contributed by atoms with Crippen molar-refractivity contribution in [3.05, 3.63) is 170 Å². The molecule has 0 fully saturated rings. The second-order valence-electron chi connectivity index (χ2n) is 13.2. The van der Waals surface area contributed by atoms with Crippen LogP contribution in [0.4, 0.5) is 0 Å². The second-order valence-corrected chi connectivity index (χ2v) is 15.3. The van der Waals surface area contributed by atoms with Gasteiger partial charge in [-0.2, -0.15) is 0 Å². The summed E-state index contributed by atoms with van der Waals surface area (Å²) in [7, 11) is 0. The van der Waals surface area contributed by atoms with E-state index in [9.17, 15) is 0 Å². The molecule has 0 atom stereocenters. The molecule has 9 aromatic carbocycles. The zero-order valence-electron chi connectivity index (χ0n) is 27.0. The highest BCUT2D eigenvalue weighted by Gasteiger charge is 2.22. The molecule has 0 aliphatic carbocycles. The van der Waals surface area contributed by atoms with Crippen LogP contribution in [0.3, 0.4) is 0 Å². The van der Waals surface area contributed by atoms with Gasteiger partial charge in [0.15, 0.2) is 0 Å². The fourth-order valence-electron chi connectivity index (χ4n) is 8.22. The summed E-state index contributed by atoms with van der Waals surface area (Å²) in [6, 6.07) is 63.0. The van der Waals surface area contributed by atoms with Gasteiger partial charge in [-0.05, 0) is 96.0 Å². The molecule has 0 radical (unpaired) electrons. The van der Waals surface area contributed by atoms with Crippen molar-refractivity contribution < 1.29 is 0 Å². The summed E-state index contributed by atoms with van der Waals surface area (Å²) in [5, 5.41) is 13.0. The fourth-order valence-corrected chi connectivity index (χ4v) is 10.8. The molecule has 2 aromatic heterocycles. The summed E-state index contributed by atoms with van der Waals surface area (Å²) in [6.07, 6.45) is 0. The molecule has 0 amide bonds. The van der Waals surface area contributed by atoms with Crippen molar-refractivity contribution in [2.75, 3.05) is 0 Å². The third-order valence-corrected chi connectivity index (χ3v) is 13.0. The van der Waals surface area contributed by atoms with Crippen LogP contribution in [0.2, 0.25) is 0 Å². The van der Waals surface area contributed by atoms with Crippen LogP contribution in [0.15, 0.2) is 170 Å². The van der Waals surface area contributed by atoms with E-state index < -0.39 is 0 Å². The Morgan fingerprint density at radius 1 is 0.300 bits per heavy atom. The van der Waals surface area contributed by atoms with Gasteiger partial charge in [0.1, 0.15) is 0 Å². The Morgan fingerprint density at radius 2 is 0.840 bits per heavy atom. The van der Waals surface area contributed by atoms with Crippen LogP contribution in [-0.4, -0.2) is 0 Å². The first-order chi connectivity index (χ1) is 24.8. The molecular formula is C48H28S2. The lowest BCUT2D eigenvalue weighted by Gasteiger charge is -2.19. The third kappa shape index (κ3) is 4.10. The smallest absolute Gasteiger partial charge is 0.0540 e. The first-order valence-corrected chi connectivity index (χ1v) is 18.7. The molecule has 0 unspecified atom stereocenters. The molecule has 11 aromatic rings. The van der Waals surface area contributed by atoms with Gasteiger partial charge in [-0.15, -0.1) is 22.7 Å². The van der Waals surface area contributed by atoms with Crippen molar-refractivity contribution in [2.24, 2.45) is 0 Å². The van der Waals surface area contributed by atoms with Crippen molar-refractivity contribution >= 4 is 95.3 Å². The van der Waals surface area contributed by atoms with E-state index in [1.165, 1.54) is 106 Å². The van der Waals surface area contributed by atoms with Gasteiger partial charge in [-0.1, -0.05) is 140 Å². The van der Waals surface area contributed by atoms with Crippen LogP contribution in [0.1, 0.15) is 0 Å². The van der Waals surface area contributed by atoms with Crippen molar-refractivity contribution in [2.45, 2.75) is 0 Å². The van der Waals surface area contributed by atoms with Crippen molar-refractivity contribution in [1.29, 1.82) is 0 Å². The second kappa shape index (κ2) is 10.9. The molecule has 50 heavy (non-hydrogen) atoms.